The number of hydrogen-bond donors (Lipinski definition) is 1. The van der Waals surface area contributed by atoms with Crippen molar-refractivity contribution in [1.82, 2.24) is 10.2 Å². The van der Waals surface area contributed by atoms with Gasteiger partial charge in [-0.3, -0.25) is 0 Å². The standard InChI is InChI=1S/C14H12BrN3OS/c1-9(16-11-6-4-10(15)5-7-11)13-17-18-14(19-13)12-3-2-8-20-12/h2-9,16H,1H3/t9-/m0/s1. The van der Waals surface area contributed by atoms with Crippen LogP contribution in [0.1, 0.15) is 18.9 Å². The summed E-state index contributed by atoms with van der Waals surface area (Å²) in [5, 5.41) is 13.5. The van der Waals surface area contributed by atoms with Gasteiger partial charge in [0.1, 0.15) is 6.04 Å². The van der Waals surface area contributed by atoms with Gasteiger partial charge < -0.3 is 9.73 Å². The van der Waals surface area contributed by atoms with Gasteiger partial charge in [-0.05, 0) is 42.6 Å². The highest BCUT2D eigenvalue weighted by Crippen LogP contribution is 2.26. The number of nitrogens with zero attached hydrogens (tertiary/aromatic N) is 2. The van der Waals surface area contributed by atoms with Crippen molar-refractivity contribution in [1.29, 1.82) is 0 Å². The van der Waals surface area contributed by atoms with Crippen molar-refractivity contribution in [2.24, 2.45) is 0 Å². The first-order valence-electron chi connectivity index (χ1n) is 6.12. The molecule has 4 nitrogen and oxygen atoms in total. The zero-order chi connectivity index (χ0) is 13.9. The molecular formula is C14H12BrN3OS. The minimum atomic E-state index is -0.0441. The van der Waals surface area contributed by atoms with E-state index in [0.717, 1.165) is 15.0 Å². The average Bonchev–Trinajstić information content (AvgIpc) is 3.11. The molecule has 0 aliphatic carbocycles. The summed E-state index contributed by atoms with van der Waals surface area (Å²) in [6.45, 7) is 1.99. The lowest BCUT2D eigenvalue weighted by atomic mass is 10.2. The minimum Gasteiger partial charge on any atom is -0.418 e. The summed E-state index contributed by atoms with van der Waals surface area (Å²) in [6, 6.07) is 11.9. The Hall–Kier alpha value is -1.66. The molecule has 0 radical (unpaired) electrons. The van der Waals surface area contributed by atoms with Crippen LogP contribution in [-0.4, -0.2) is 10.2 Å². The first-order chi connectivity index (χ1) is 9.72. The maximum Gasteiger partial charge on any atom is 0.257 e. The third-order valence-electron chi connectivity index (χ3n) is 2.77. The number of anilines is 1. The van der Waals surface area contributed by atoms with Crippen molar-refractivity contribution < 1.29 is 4.42 Å². The Morgan fingerprint density at radius 1 is 1.20 bits per heavy atom. The third-order valence-corrected chi connectivity index (χ3v) is 4.16. The number of thiophene rings is 1. The van der Waals surface area contributed by atoms with E-state index in [2.05, 4.69) is 31.4 Å². The Kier molecular flexibility index (Phi) is 3.84. The first-order valence-corrected chi connectivity index (χ1v) is 7.79. The van der Waals surface area contributed by atoms with Crippen molar-refractivity contribution in [3.05, 3.63) is 52.1 Å². The number of rotatable bonds is 4. The van der Waals surface area contributed by atoms with Crippen LogP contribution in [0, 0.1) is 0 Å². The summed E-state index contributed by atoms with van der Waals surface area (Å²) in [6.07, 6.45) is 0. The highest BCUT2D eigenvalue weighted by molar-refractivity contribution is 9.10. The van der Waals surface area contributed by atoms with E-state index in [1.807, 2.05) is 48.7 Å². The van der Waals surface area contributed by atoms with Crippen molar-refractivity contribution in [3.8, 4) is 10.8 Å². The highest BCUT2D eigenvalue weighted by atomic mass is 79.9. The van der Waals surface area contributed by atoms with Crippen LogP contribution in [0.4, 0.5) is 5.69 Å². The molecule has 20 heavy (non-hydrogen) atoms. The third kappa shape index (κ3) is 2.91. The SMILES string of the molecule is C[C@H](Nc1ccc(Br)cc1)c1nnc(-c2cccs2)o1. The van der Waals surface area contributed by atoms with E-state index in [9.17, 15) is 0 Å². The second kappa shape index (κ2) is 5.76. The molecule has 0 bridgehead atoms. The van der Waals surface area contributed by atoms with Gasteiger partial charge in [0.2, 0.25) is 5.89 Å². The van der Waals surface area contributed by atoms with Gasteiger partial charge in [-0.2, -0.15) is 0 Å². The maximum atomic E-state index is 5.70. The summed E-state index contributed by atoms with van der Waals surface area (Å²) < 4.78 is 6.75. The van der Waals surface area contributed by atoms with Gasteiger partial charge in [0.05, 0.1) is 4.88 Å². The van der Waals surface area contributed by atoms with Gasteiger partial charge in [0, 0.05) is 10.2 Å². The number of benzene rings is 1. The fourth-order valence-electron chi connectivity index (χ4n) is 1.77. The first kappa shape index (κ1) is 13.3. The van der Waals surface area contributed by atoms with E-state index in [0.29, 0.717) is 11.8 Å². The molecule has 2 aromatic heterocycles. The molecule has 0 spiro atoms. The zero-order valence-corrected chi connectivity index (χ0v) is 13.1. The van der Waals surface area contributed by atoms with Crippen LogP contribution >= 0.6 is 27.3 Å². The van der Waals surface area contributed by atoms with Crippen LogP contribution < -0.4 is 5.32 Å². The lowest BCUT2D eigenvalue weighted by molar-refractivity contribution is 0.486. The molecule has 0 aliphatic heterocycles. The van der Waals surface area contributed by atoms with Crippen molar-refractivity contribution in [2.75, 3.05) is 5.32 Å². The summed E-state index contributed by atoms with van der Waals surface area (Å²) in [4.78, 5) is 0.986. The monoisotopic (exact) mass is 349 g/mol. The second-order valence-electron chi connectivity index (χ2n) is 4.30. The predicted octanol–water partition coefficient (Wildman–Crippen LogP) is 4.73. The number of halogens is 1. The van der Waals surface area contributed by atoms with E-state index in [4.69, 9.17) is 4.42 Å². The molecule has 1 atom stereocenters. The van der Waals surface area contributed by atoms with Crippen LogP contribution in [0.15, 0.2) is 50.7 Å². The molecule has 0 saturated heterocycles. The number of aromatic nitrogens is 2. The number of hydrogen-bond acceptors (Lipinski definition) is 5. The van der Waals surface area contributed by atoms with Gasteiger partial charge in [0.15, 0.2) is 0 Å². The molecule has 0 fully saturated rings. The van der Waals surface area contributed by atoms with E-state index >= 15 is 0 Å². The fraction of sp³-hybridized carbons (Fsp3) is 0.143. The molecule has 1 N–H and O–H groups in total. The smallest absolute Gasteiger partial charge is 0.257 e. The van der Waals surface area contributed by atoms with Crippen LogP contribution in [0.3, 0.4) is 0 Å². The van der Waals surface area contributed by atoms with Gasteiger partial charge in [0.25, 0.3) is 5.89 Å². The minimum absolute atomic E-state index is 0.0441. The summed E-state index contributed by atoms with van der Waals surface area (Å²) in [7, 11) is 0. The predicted molar refractivity (Wildman–Crippen MR) is 83.8 cm³/mol. The molecule has 3 aromatic rings. The Balaban J connectivity index is 1.74. The van der Waals surface area contributed by atoms with Crippen LogP contribution in [0.2, 0.25) is 0 Å². The molecule has 3 rings (SSSR count). The van der Waals surface area contributed by atoms with Gasteiger partial charge in [-0.25, -0.2) is 0 Å². The van der Waals surface area contributed by atoms with Gasteiger partial charge in [-0.15, -0.1) is 21.5 Å². The van der Waals surface area contributed by atoms with E-state index in [-0.39, 0.29) is 6.04 Å². The molecule has 102 valence electrons. The molecule has 1 aromatic carbocycles. The Labute approximate surface area is 129 Å². The van der Waals surface area contributed by atoms with Gasteiger partial charge >= 0.3 is 0 Å². The molecule has 0 unspecified atom stereocenters. The molecule has 6 heteroatoms. The van der Waals surface area contributed by atoms with Gasteiger partial charge in [-0.1, -0.05) is 22.0 Å². The van der Waals surface area contributed by atoms with Crippen molar-refractivity contribution in [2.45, 2.75) is 13.0 Å². The highest BCUT2D eigenvalue weighted by Gasteiger charge is 2.15. The number of nitrogens with one attached hydrogen (secondary N) is 1. The Morgan fingerprint density at radius 2 is 2.00 bits per heavy atom. The van der Waals surface area contributed by atoms with E-state index in [1.54, 1.807) is 11.3 Å². The fourth-order valence-corrected chi connectivity index (χ4v) is 2.68. The normalized spacial score (nSPS) is 12.3. The lowest BCUT2D eigenvalue weighted by Gasteiger charge is -2.11. The van der Waals surface area contributed by atoms with E-state index in [1.165, 1.54) is 0 Å². The summed E-state index contributed by atoms with van der Waals surface area (Å²) in [5.74, 6) is 1.15. The largest absolute Gasteiger partial charge is 0.418 e. The summed E-state index contributed by atoms with van der Waals surface area (Å²) >= 11 is 5.00. The summed E-state index contributed by atoms with van der Waals surface area (Å²) in [5.41, 5.74) is 1.01. The van der Waals surface area contributed by atoms with Crippen molar-refractivity contribution >= 4 is 33.0 Å². The molecule has 0 amide bonds. The topological polar surface area (TPSA) is 51.0 Å². The van der Waals surface area contributed by atoms with Crippen LogP contribution in [0.5, 0.6) is 0 Å². The average molecular weight is 350 g/mol. The quantitative estimate of drug-likeness (QED) is 0.739. The Bertz CT molecular complexity index is 679. The Morgan fingerprint density at radius 3 is 2.70 bits per heavy atom. The van der Waals surface area contributed by atoms with Crippen LogP contribution in [0.25, 0.3) is 10.8 Å². The van der Waals surface area contributed by atoms with Crippen molar-refractivity contribution in [3.63, 3.8) is 0 Å². The second-order valence-corrected chi connectivity index (χ2v) is 6.16. The lowest BCUT2D eigenvalue weighted by Crippen LogP contribution is -2.06. The molecule has 0 saturated carbocycles. The molecular weight excluding hydrogens is 338 g/mol. The zero-order valence-electron chi connectivity index (χ0n) is 10.7. The van der Waals surface area contributed by atoms with Crippen LogP contribution in [-0.2, 0) is 0 Å². The molecule has 0 aliphatic rings. The molecule has 2 heterocycles. The maximum absolute atomic E-state index is 5.70. The van der Waals surface area contributed by atoms with E-state index < -0.39 is 0 Å².